The Labute approximate surface area is 159 Å². The number of guanidine groups is 1. The van der Waals surface area contributed by atoms with E-state index in [-0.39, 0.29) is 0 Å². The third-order valence-electron chi connectivity index (χ3n) is 4.07. The lowest BCUT2D eigenvalue weighted by molar-refractivity contribution is 0.121. The monoisotopic (exact) mass is 364 g/mol. The molecule has 0 aliphatic carbocycles. The van der Waals surface area contributed by atoms with E-state index in [1.54, 1.807) is 14.2 Å². The van der Waals surface area contributed by atoms with Gasteiger partial charge < -0.3 is 25.0 Å². The zero-order valence-corrected chi connectivity index (χ0v) is 16.9. The fraction of sp³-hybridized carbons (Fsp3) is 0.650. The highest BCUT2D eigenvalue weighted by Crippen LogP contribution is 2.10. The average Bonchev–Trinajstić information content (AvgIpc) is 2.66. The Balaban J connectivity index is 2.35. The van der Waals surface area contributed by atoms with Crippen LogP contribution in [0.3, 0.4) is 0 Å². The average molecular weight is 365 g/mol. The van der Waals surface area contributed by atoms with Gasteiger partial charge in [-0.25, -0.2) is 0 Å². The summed E-state index contributed by atoms with van der Waals surface area (Å²) in [7, 11) is 5.67. The third kappa shape index (κ3) is 9.75. The number of hydrogen-bond acceptors (Lipinski definition) is 4. The molecule has 0 saturated heterocycles. The van der Waals surface area contributed by atoms with Gasteiger partial charge in [0.1, 0.15) is 0 Å². The Morgan fingerprint density at radius 1 is 1.12 bits per heavy atom. The predicted octanol–water partition coefficient (Wildman–Crippen LogP) is 2.25. The summed E-state index contributed by atoms with van der Waals surface area (Å²) in [5.41, 5.74) is 2.46. The minimum atomic E-state index is 0.657. The minimum absolute atomic E-state index is 0.657. The first-order valence-electron chi connectivity index (χ1n) is 9.47. The fourth-order valence-corrected chi connectivity index (χ4v) is 2.55. The van der Waals surface area contributed by atoms with E-state index in [4.69, 9.17) is 9.47 Å². The summed E-state index contributed by atoms with van der Waals surface area (Å²) in [5, 5.41) is 6.75. The molecule has 0 bridgehead atoms. The van der Waals surface area contributed by atoms with Gasteiger partial charge in [0.05, 0.1) is 6.61 Å². The second kappa shape index (κ2) is 14.5. The van der Waals surface area contributed by atoms with E-state index in [1.165, 1.54) is 11.1 Å². The molecule has 0 atom stereocenters. The van der Waals surface area contributed by atoms with Crippen LogP contribution >= 0.6 is 0 Å². The molecule has 2 N–H and O–H groups in total. The number of aliphatic imine (C=N–C) groups is 1. The molecule has 0 radical (unpaired) electrons. The lowest BCUT2D eigenvalue weighted by atomic mass is 10.1. The molecule has 0 aromatic heterocycles. The normalized spacial score (nSPS) is 11.8. The Bertz CT molecular complexity index is 508. The standard InChI is InChI=1S/C20H36N4O2/c1-5-14-26-17-19-10-7-6-9-18(19)16-23-20(21-2)22-11-13-24(3)12-8-15-25-4/h6-7,9-10H,5,8,11-17H2,1-4H3,(H2,21,22,23). The second-order valence-corrected chi connectivity index (χ2v) is 6.32. The van der Waals surface area contributed by atoms with Crippen molar-refractivity contribution in [3.05, 3.63) is 35.4 Å². The van der Waals surface area contributed by atoms with Gasteiger partial charge in [0, 0.05) is 53.6 Å². The zero-order valence-electron chi connectivity index (χ0n) is 16.9. The van der Waals surface area contributed by atoms with Crippen LogP contribution in [0.25, 0.3) is 0 Å². The maximum absolute atomic E-state index is 5.69. The summed E-state index contributed by atoms with van der Waals surface area (Å²) in [6.45, 7) is 7.96. The first-order valence-corrected chi connectivity index (χ1v) is 9.47. The molecule has 0 heterocycles. The highest BCUT2D eigenvalue weighted by molar-refractivity contribution is 5.79. The molecule has 0 spiro atoms. The molecule has 6 nitrogen and oxygen atoms in total. The van der Waals surface area contributed by atoms with E-state index in [2.05, 4.69) is 58.8 Å². The van der Waals surface area contributed by atoms with Gasteiger partial charge in [0.25, 0.3) is 0 Å². The van der Waals surface area contributed by atoms with E-state index in [1.807, 2.05) is 0 Å². The Hall–Kier alpha value is -1.63. The van der Waals surface area contributed by atoms with Gasteiger partial charge in [-0.15, -0.1) is 0 Å². The van der Waals surface area contributed by atoms with E-state index in [0.29, 0.717) is 6.61 Å². The first kappa shape index (κ1) is 22.4. The topological polar surface area (TPSA) is 58.1 Å². The quantitative estimate of drug-likeness (QED) is 0.319. The molecule has 0 aliphatic rings. The molecule has 0 amide bonds. The molecule has 0 unspecified atom stereocenters. The molecule has 0 fully saturated rings. The predicted molar refractivity (Wildman–Crippen MR) is 109 cm³/mol. The number of likely N-dealkylation sites (N-methyl/N-ethyl adjacent to an activating group) is 1. The molecular weight excluding hydrogens is 328 g/mol. The van der Waals surface area contributed by atoms with Crippen LogP contribution in [0.1, 0.15) is 30.9 Å². The smallest absolute Gasteiger partial charge is 0.191 e. The van der Waals surface area contributed by atoms with Crippen LogP contribution in [0, 0.1) is 0 Å². The summed E-state index contributed by atoms with van der Waals surface area (Å²) in [4.78, 5) is 6.60. The number of nitrogens with zero attached hydrogens (tertiary/aromatic N) is 2. The molecule has 1 aromatic carbocycles. The molecular formula is C20H36N4O2. The van der Waals surface area contributed by atoms with Crippen LogP contribution in [-0.2, 0) is 22.6 Å². The highest BCUT2D eigenvalue weighted by atomic mass is 16.5. The summed E-state index contributed by atoms with van der Waals surface area (Å²) >= 11 is 0. The van der Waals surface area contributed by atoms with Crippen molar-refractivity contribution in [1.29, 1.82) is 0 Å². The van der Waals surface area contributed by atoms with E-state index in [0.717, 1.165) is 58.2 Å². The van der Waals surface area contributed by atoms with Crippen LogP contribution in [0.15, 0.2) is 29.3 Å². The van der Waals surface area contributed by atoms with Crippen molar-refractivity contribution in [2.24, 2.45) is 4.99 Å². The fourth-order valence-electron chi connectivity index (χ4n) is 2.55. The molecule has 0 saturated carbocycles. The summed E-state index contributed by atoms with van der Waals surface area (Å²) in [5.74, 6) is 0.819. The van der Waals surface area contributed by atoms with Crippen molar-refractivity contribution in [1.82, 2.24) is 15.5 Å². The van der Waals surface area contributed by atoms with Crippen molar-refractivity contribution >= 4 is 5.96 Å². The molecule has 1 aromatic rings. The van der Waals surface area contributed by atoms with Crippen molar-refractivity contribution in [2.75, 3.05) is 54.1 Å². The Morgan fingerprint density at radius 2 is 1.88 bits per heavy atom. The van der Waals surface area contributed by atoms with Crippen molar-refractivity contribution in [3.8, 4) is 0 Å². The SMILES string of the molecule is CCCOCc1ccccc1CNC(=NC)NCCN(C)CCCOC. The molecule has 6 heteroatoms. The largest absolute Gasteiger partial charge is 0.385 e. The van der Waals surface area contributed by atoms with Gasteiger partial charge in [-0.1, -0.05) is 31.2 Å². The first-order chi connectivity index (χ1) is 12.7. The number of rotatable bonds is 13. The van der Waals surface area contributed by atoms with E-state index >= 15 is 0 Å². The lowest BCUT2D eigenvalue weighted by Crippen LogP contribution is -2.40. The maximum atomic E-state index is 5.69. The van der Waals surface area contributed by atoms with Crippen LogP contribution < -0.4 is 10.6 Å². The second-order valence-electron chi connectivity index (χ2n) is 6.32. The van der Waals surface area contributed by atoms with Crippen LogP contribution in [0.4, 0.5) is 0 Å². The van der Waals surface area contributed by atoms with Gasteiger partial charge in [-0.2, -0.15) is 0 Å². The summed E-state index contributed by atoms with van der Waals surface area (Å²) < 4.78 is 10.8. The van der Waals surface area contributed by atoms with Crippen LogP contribution in [-0.4, -0.2) is 64.9 Å². The number of hydrogen-bond donors (Lipinski definition) is 2. The molecule has 0 aliphatic heterocycles. The number of methoxy groups -OCH3 is 1. The number of nitrogens with one attached hydrogen (secondary N) is 2. The van der Waals surface area contributed by atoms with Crippen LogP contribution in [0.5, 0.6) is 0 Å². The Kier molecular flexibility index (Phi) is 12.5. The summed E-state index contributed by atoms with van der Waals surface area (Å²) in [6.07, 6.45) is 2.09. The number of ether oxygens (including phenoxy) is 2. The van der Waals surface area contributed by atoms with Crippen molar-refractivity contribution < 1.29 is 9.47 Å². The molecule has 1 rings (SSSR count). The zero-order chi connectivity index (χ0) is 19.0. The minimum Gasteiger partial charge on any atom is -0.385 e. The van der Waals surface area contributed by atoms with Crippen LogP contribution in [0.2, 0.25) is 0 Å². The van der Waals surface area contributed by atoms with Crippen molar-refractivity contribution in [3.63, 3.8) is 0 Å². The number of benzene rings is 1. The van der Waals surface area contributed by atoms with Gasteiger partial charge in [0.15, 0.2) is 5.96 Å². The maximum Gasteiger partial charge on any atom is 0.191 e. The van der Waals surface area contributed by atoms with Crippen molar-refractivity contribution in [2.45, 2.75) is 32.9 Å². The molecule has 148 valence electrons. The Morgan fingerprint density at radius 3 is 2.58 bits per heavy atom. The third-order valence-corrected chi connectivity index (χ3v) is 4.07. The lowest BCUT2D eigenvalue weighted by Gasteiger charge is -2.18. The molecule has 26 heavy (non-hydrogen) atoms. The summed E-state index contributed by atoms with van der Waals surface area (Å²) in [6, 6.07) is 8.37. The highest BCUT2D eigenvalue weighted by Gasteiger charge is 2.04. The van der Waals surface area contributed by atoms with Gasteiger partial charge in [-0.05, 0) is 31.0 Å². The van der Waals surface area contributed by atoms with Gasteiger partial charge in [0.2, 0.25) is 0 Å². The van der Waals surface area contributed by atoms with E-state index < -0.39 is 0 Å². The van der Waals surface area contributed by atoms with Gasteiger partial charge >= 0.3 is 0 Å². The van der Waals surface area contributed by atoms with Gasteiger partial charge in [-0.3, -0.25) is 4.99 Å². The van der Waals surface area contributed by atoms with E-state index in [9.17, 15) is 0 Å².